The zero-order valence-electron chi connectivity index (χ0n) is 19.4. The number of nitrogens with one attached hydrogen (secondary N) is 1. The number of rotatable bonds is 6. The molecule has 8 heteroatoms. The van der Waals surface area contributed by atoms with Gasteiger partial charge in [0.1, 0.15) is 5.75 Å². The molecule has 8 nitrogen and oxygen atoms in total. The number of carbonyl (C=O) groups is 2. The summed E-state index contributed by atoms with van der Waals surface area (Å²) in [4.78, 5) is 29.8. The van der Waals surface area contributed by atoms with Crippen LogP contribution in [0.25, 0.3) is 0 Å². The number of anilines is 2. The number of ether oxygens (including phenoxy) is 1. The molecule has 1 atom stereocenters. The molecule has 1 aliphatic rings. The van der Waals surface area contributed by atoms with Gasteiger partial charge in [-0.05, 0) is 55.8 Å². The van der Waals surface area contributed by atoms with Crippen LogP contribution in [0.15, 0.2) is 84.9 Å². The van der Waals surface area contributed by atoms with Crippen molar-refractivity contribution in [2.45, 2.75) is 32.1 Å². The first-order valence-electron chi connectivity index (χ1n) is 11.0. The number of urea groups is 2. The Morgan fingerprint density at radius 3 is 2.18 bits per heavy atom. The number of hydroxylamine groups is 2. The lowest BCUT2D eigenvalue weighted by molar-refractivity contribution is -0.0954. The van der Waals surface area contributed by atoms with Gasteiger partial charge in [0.2, 0.25) is 0 Å². The minimum absolute atomic E-state index is 0.295. The second kappa shape index (κ2) is 9.44. The van der Waals surface area contributed by atoms with E-state index < -0.39 is 17.7 Å². The lowest BCUT2D eigenvalue weighted by Gasteiger charge is -2.38. The number of methoxy groups -OCH3 is 1. The highest BCUT2D eigenvalue weighted by atomic mass is 16.5. The second-order valence-corrected chi connectivity index (χ2v) is 8.59. The molecule has 0 unspecified atom stereocenters. The molecule has 4 amide bonds. The predicted molar refractivity (Wildman–Crippen MR) is 130 cm³/mol. The Kier molecular flexibility index (Phi) is 6.43. The fourth-order valence-electron chi connectivity index (χ4n) is 4.18. The van der Waals surface area contributed by atoms with Crippen LogP contribution in [-0.4, -0.2) is 46.0 Å². The van der Waals surface area contributed by atoms with E-state index in [-0.39, 0.29) is 6.03 Å². The maximum absolute atomic E-state index is 13.7. The van der Waals surface area contributed by atoms with Crippen molar-refractivity contribution in [1.82, 2.24) is 9.96 Å². The predicted octanol–water partition coefficient (Wildman–Crippen LogP) is 5.17. The van der Waals surface area contributed by atoms with E-state index in [1.807, 2.05) is 62.4 Å². The molecule has 0 radical (unpaired) electrons. The van der Waals surface area contributed by atoms with Crippen molar-refractivity contribution in [1.29, 1.82) is 0 Å². The average Bonchev–Trinajstić information content (AvgIpc) is 3.05. The number of carbonyl (C=O) groups excluding carboxylic acids is 2. The van der Waals surface area contributed by atoms with E-state index in [9.17, 15) is 14.8 Å². The third-order valence-electron chi connectivity index (χ3n) is 6.01. The van der Waals surface area contributed by atoms with E-state index in [1.165, 1.54) is 4.90 Å². The number of hydrogen-bond donors (Lipinski definition) is 2. The van der Waals surface area contributed by atoms with Gasteiger partial charge in [0.15, 0.2) is 6.17 Å². The van der Waals surface area contributed by atoms with Crippen molar-refractivity contribution in [2.75, 3.05) is 17.3 Å². The molecule has 0 saturated carbocycles. The number of para-hydroxylation sites is 2. The van der Waals surface area contributed by atoms with Gasteiger partial charge in [-0.2, -0.15) is 5.06 Å². The molecule has 3 aromatic carbocycles. The molecule has 0 aliphatic carbocycles. The monoisotopic (exact) mass is 460 g/mol. The van der Waals surface area contributed by atoms with Crippen molar-refractivity contribution < 1.29 is 19.5 Å². The Hall–Kier alpha value is -4.04. The molecule has 1 fully saturated rings. The summed E-state index contributed by atoms with van der Waals surface area (Å²) in [6, 6.07) is 24.3. The molecular formula is C26H28N4O4. The van der Waals surface area contributed by atoms with Crippen LogP contribution in [-0.2, 0) is 6.54 Å². The molecule has 0 spiro atoms. The highest BCUT2D eigenvalue weighted by Crippen LogP contribution is 2.39. The molecule has 176 valence electrons. The topological polar surface area (TPSA) is 85.3 Å². The first-order chi connectivity index (χ1) is 16.3. The zero-order valence-corrected chi connectivity index (χ0v) is 19.4. The van der Waals surface area contributed by atoms with Gasteiger partial charge in [-0.1, -0.05) is 48.5 Å². The minimum atomic E-state index is -0.982. The van der Waals surface area contributed by atoms with Crippen LogP contribution in [0, 0.1) is 0 Å². The van der Waals surface area contributed by atoms with Crippen LogP contribution in [0.1, 0.15) is 19.4 Å². The van der Waals surface area contributed by atoms with Gasteiger partial charge in [-0.3, -0.25) is 10.1 Å². The summed E-state index contributed by atoms with van der Waals surface area (Å²) in [5.74, 6) is 0.721. The highest BCUT2D eigenvalue weighted by molar-refractivity contribution is 5.98. The summed E-state index contributed by atoms with van der Waals surface area (Å²) in [5, 5.41) is 14.4. The molecule has 2 N–H and O–H groups in total. The van der Waals surface area contributed by atoms with Crippen LogP contribution < -0.4 is 15.0 Å². The van der Waals surface area contributed by atoms with Crippen molar-refractivity contribution in [3.05, 3.63) is 90.5 Å². The van der Waals surface area contributed by atoms with Gasteiger partial charge in [0, 0.05) is 17.9 Å². The van der Waals surface area contributed by atoms with E-state index in [0.29, 0.717) is 23.0 Å². The van der Waals surface area contributed by atoms with Crippen LogP contribution in [0.4, 0.5) is 21.0 Å². The number of benzene rings is 3. The summed E-state index contributed by atoms with van der Waals surface area (Å²) < 4.78 is 5.23. The third-order valence-corrected chi connectivity index (χ3v) is 6.01. The minimum Gasteiger partial charge on any atom is -0.497 e. The molecule has 1 aliphatic heterocycles. The summed E-state index contributed by atoms with van der Waals surface area (Å²) in [7, 11) is 1.60. The first-order valence-corrected chi connectivity index (χ1v) is 11.0. The van der Waals surface area contributed by atoms with E-state index in [2.05, 4.69) is 5.32 Å². The summed E-state index contributed by atoms with van der Waals surface area (Å²) in [6.45, 7) is 3.96. The summed E-state index contributed by atoms with van der Waals surface area (Å²) in [6.07, 6.45) is -0.982. The van der Waals surface area contributed by atoms with Gasteiger partial charge in [0.05, 0.1) is 12.6 Å². The molecular weight excluding hydrogens is 432 g/mol. The highest BCUT2D eigenvalue weighted by Gasteiger charge is 2.56. The SMILES string of the molecule is COc1ccc(CN2C(=O)N(c3ccccc3)[C@@H](N(O)C(=O)Nc3ccccc3)C2(C)C)cc1. The maximum atomic E-state index is 13.7. The van der Waals surface area contributed by atoms with Crippen molar-refractivity contribution >= 4 is 23.4 Å². The maximum Gasteiger partial charge on any atom is 0.347 e. The van der Waals surface area contributed by atoms with E-state index >= 15 is 0 Å². The van der Waals surface area contributed by atoms with Gasteiger partial charge in [-0.15, -0.1) is 0 Å². The van der Waals surface area contributed by atoms with Crippen LogP contribution in [0.2, 0.25) is 0 Å². The zero-order chi connectivity index (χ0) is 24.3. The van der Waals surface area contributed by atoms with Crippen LogP contribution in [0.3, 0.4) is 0 Å². The largest absolute Gasteiger partial charge is 0.497 e. The van der Waals surface area contributed by atoms with Crippen LogP contribution >= 0.6 is 0 Å². The Bertz CT molecular complexity index is 1140. The van der Waals surface area contributed by atoms with Crippen molar-refractivity contribution in [3.63, 3.8) is 0 Å². The number of amides is 4. The van der Waals surface area contributed by atoms with E-state index in [1.54, 1.807) is 48.4 Å². The summed E-state index contributed by atoms with van der Waals surface area (Å²) >= 11 is 0. The summed E-state index contributed by atoms with van der Waals surface area (Å²) in [5.41, 5.74) is 1.08. The first kappa shape index (κ1) is 23.1. The second-order valence-electron chi connectivity index (χ2n) is 8.59. The molecule has 34 heavy (non-hydrogen) atoms. The standard InChI is InChI=1S/C26H28N4O4/c1-26(2)23(30(33)24(31)27-20-10-6-4-7-11-20)29(21-12-8-5-9-13-21)25(32)28(26)18-19-14-16-22(34-3)17-15-19/h4-17,23,33H,18H2,1-3H3,(H,27,31)/t23-/m0/s1. The normalized spacial score (nSPS) is 16.9. The molecule has 3 aromatic rings. The van der Waals surface area contributed by atoms with E-state index in [0.717, 1.165) is 11.3 Å². The lowest BCUT2D eigenvalue weighted by Crippen LogP contribution is -2.58. The molecule has 4 rings (SSSR count). The fraction of sp³-hybridized carbons (Fsp3) is 0.231. The molecule has 1 heterocycles. The van der Waals surface area contributed by atoms with Gasteiger partial charge in [0.25, 0.3) is 0 Å². The molecule has 1 saturated heterocycles. The van der Waals surface area contributed by atoms with Gasteiger partial charge < -0.3 is 15.0 Å². The Morgan fingerprint density at radius 1 is 1.00 bits per heavy atom. The van der Waals surface area contributed by atoms with Crippen molar-refractivity contribution in [3.8, 4) is 5.75 Å². The Balaban J connectivity index is 1.67. The van der Waals surface area contributed by atoms with Gasteiger partial charge in [-0.25, -0.2) is 9.59 Å². The smallest absolute Gasteiger partial charge is 0.347 e. The van der Waals surface area contributed by atoms with Gasteiger partial charge >= 0.3 is 12.1 Å². The average molecular weight is 461 g/mol. The number of hydrogen-bond acceptors (Lipinski definition) is 4. The van der Waals surface area contributed by atoms with Crippen molar-refractivity contribution in [2.24, 2.45) is 0 Å². The third kappa shape index (κ3) is 4.40. The van der Waals surface area contributed by atoms with E-state index in [4.69, 9.17) is 4.74 Å². The quantitative estimate of drug-likeness (QED) is 0.393. The molecule has 0 bridgehead atoms. The Labute approximate surface area is 198 Å². The fourth-order valence-corrected chi connectivity index (χ4v) is 4.18. The number of nitrogens with zero attached hydrogens (tertiary/aromatic N) is 3. The Morgan fingerprint density at radius 2 is 1.59 bits per heavy atom. The lowest BCUT2D eigenvalue weighted by atomic mass is 9.99. The van der Waals surface area contributed by atoms with Crippen LogP contribution in [0.5, 0.6) is 5.75 Å². The molecule has 0 aromatic heterocycles.